The molecule has 0 bridgehead atoms. The predicted molar refractivity (Wildman–Crippen MR) is 84.7 cm³/mol. The normalized spacial score (nSPS) is 20.2. The molecule has 1 saturated carbocycles. The highest BCUT2D eigenvalue weighted by Crippen LogP contribution is 2.41. The SMILES string of the molecule is CCNC(c1cncc(F)c1)C1(N(C)C)CCCCCC1. The molecule has 0 radical (unpaired) electrons. The van der Waals surface area contributed by atoms with Crippen LogP contribution in [0.15, 0.2) is 18.5 Å². The van der Waals surface area contributed by atoms with Gasteiger partial charge in [-0.05, 0) is 45.1 Å². The Morgan fingerprint density at radius 2 is 1.90 bits per heavy atom. The molecule has 1 heterocycles. The summed E-state index contributed by atoms with van der Waals surface area (Å²) >= 11 is 0. The summed E-state index contributed by atoms with van der Waals surface area (Å²) in [6.07, 6.45) is 10.5. The van der Waals surface area contributed by atoms with Gasteiger partial charge in [-0.25, -0.2) is 4.39 Å². The van der Waals surface area contributed by atoms with Crippen LogP contribution in [0.2, 0.25) is 0 Å². The molecule has 1 unspecified atom stereocenters. The summed E-state index contributed by atoms with van der Waals surface area (Å²) in [6, 6.07) is 1.76. The van der Waals surface area contributed by atoms with Crippen molar-refractivity contribution in [3.05, 3.63) is 29.8 Å². The Morgan fingerprint density at radius 3 is 2.43 bits per heavy atom. The summed E-state index contributed by atoms with van der Waals surface area (Å²) in [5.41, 5.74) is 1.01. The average molecular weight is 293 g/mol. The van der Waals surface area contributed by atoms with Crippen molar-refractivity contribution in [1.82, 2.24) is 15.2 Å². The zero-order chi connectivity index (χ0) is 15.3. The van der Waals surface area contributed by atoms with Crippen molar-refractivity contribution in [3.63, 3.8) is 0 Å². The highest BCUT2D eigenvalue weighted by Gasteiger charge is 2.41. The van der Waals surface area contributed by atoms with Gasteiger partial charge < -0.3 is 10.2 Å². The van der Waals surface area contributed by atoms with Gasteiger partial charge in [0.05, 0.1) is 12.2 Å². The van der Waals surface area contributed by atoms with E-state index in [2.05, 4.69) is 36.2 Å². The number of nitrogens with zero attached hydrogens (tertiary/aromatic N) is 2. The number of halogens is 1. The molecule has 0 aliphatic heterocycles. The van der Waals surface area contributed by atoms with Gasteiger partial charge >= 0.3 is 0 Å². The van der Waals surface area contributed by atoms with E-state index in [4.69, 9.17) is 0 Å². The molecule has 2 rings (SSSR count). The lowest BCUT2D eigenvalue weighted by atomic mass is 9.78. The van der Waals surface area contributed by atoms with Gasteiger partial charge in [0, 0.05) is 11.7 Å². The third-order valence-electron chi connectivity index (χ3n) is 4.86. The number of likely N-dealkylation sites (N-methyl/N-ethyl adjacent to an activating group) is 2. The first-order chi connectivity index (χ1) is 10.1. The number of nitrogens with one attached hydrogen (secondary N) is 1. The van der Waals surface area contributed by atoms with Crippen LogP contribution in [-0.4, -0.2) is 36.1 Å². The van der Waals surface area contributed by atoms with Gasteiger partial charge in [0.25, 0.3) is 0 Å². The van der Waals surface area contributed by atoms with E-state index in [1.807, 2.05) is 6.20 Å². The lowest BCUT2D eigenvalue weighted by Crippen LogP contribution is -2.53. The number of pyridine rings is 1. The number of hydrogen-bond acceptors (Lipinski definition) is 3. The Labute approximate surface area is 127 Å². The van der Waals surface area contributed by atoms with Crippen molar-refractivity contribution in [2.75, 3.05) is 20.6 Å². The van der Waals surface area contributed by atoms with Crippen molar-refractivity contribution in [3.8, 4) is 0 Å². The van der Waals surface area contributed by atoms with E-state index in [-0.39, 0.29) is 17.4 Å². The van der Waals surface area contributed by atoms with Gasteiger partial charge in [0.2, 0.25) is 0 Å². The van der Waals surface area contributed by atoms with Gasteiger partial charge in [-0.15, -0.1) is 0 Å². The van der Waals surface area contributed by atoms with Crippen LogP contribution in [0.5, 0.6) is 0 Å². The lowest BCUT2D eigenvalue weighted by Gasteiger charge is -2.46. The van der Waals surface area contributed by atoms with E-state index in [1.165, 1.54) is 31.9 Å². The zero-order valence-corrected chi connectivity index (χ0v) is 13.5. The van der Waals surface area contributed by atoms with E-state index in [9.17, 15) is 4.39 Å². The van der Waals surface area contributed by atoms with Crippen molar-refractivity contribution in [1.29, 1.82) is 0 Å². The first-order valence-electron chi connectivity index (χ1n) is 8.11. The topological polar surface area (TPSA) is 28.2 Å². The first-order valence-corrected chi connectivity index (χ1v) is 8.11. The molecule has 0 spiro atoms. The van der Waals surface area contributed by atoms with Gasteiger partial charge in [0.15, 0.2) is 0 Å². The number of rotatable bonds is 5. The quantitative estimate of drug-likeness (QED) is 0.842. The highest BCUT2D eigenvalue weighted by atomic mass is 19.1. The summed E-state index contributed by atoms with van der Waals surface area (Å²) in [6.45, 7) is 2.98. The molecule has 0 saturated heterocycles. The predicted octanol–water partition coefficient (Wildman–Crippen LogP) is 3.53. The summed E-state index contributed by atoms with van der Waals surface area (Å²) in [7, 11) is 4.31. The molecule has 1 fully saturated rings. The molecule has 1 atom stereocenters. The average Bonchev–Trinajstić information content (AvgIpc) is 2.71. The maximum Gasteiger partial charge on any atom is 0.141 e. The fourth-order valence-corrected chi connectivity index (χ4v) is 3.74. The van der Waals surface area contributed by atoms with E-state index in [0.717, 1.165) is 24.9 Å². The Hall–Kier alpha value is -1.00. The fraction of sp³-hybridized carbons (Fsp3) is 0.706. The minimum atomic E-state index is -0.252. The standard InChI is InChI=1S/C17H28FN3/c1-4-20-16(14-11-15(18)13-19-12-14)17(21(2)3)9-7-5-6-8-10-17/h11-13,16,20H,4-10H2,1-3H3. The lowest BCUT2D eigenvalue weighted by molar-refractivity contribution is 0.0804. The van der Waals surface area contributed by atoms with Crippen LogP contribution < -0.4 is 5.32 Å². The summed E-state index contributed by atoms with van der Waals surface area (Å²) in [5.74, 6) is -0.252. The summed E-state index contributed by atoms with van der Waals surface area (Å²) in [4.78, 5) is 6.41. The van der Waals surface area contributed by atoms with Crippen LogP contribution in [0, 0.1) is 5.82 Å². The molecule has 1 aromatic heterocycles. The molecule has 1 aliphatic carbocycles. The van der Waals surface area contributed by atoms with Crippen molar-refractivity contribution in [2.24, 2.45) is 0 Å². The maximum atomic E-state index is 13.6. The third-order valence-corrected chi connectivity index (χ3v) is 4.86. The summed E-state index contributed by atoms with van der Waals surface area (Å²) in [5, 5.41) is 3.60. The van der Waals surface area contributed by atoms with Crippen LogP contribution in [0.25, 0.3) is 0 Å². The zero-order valence-electron chi connectivity index (χ0n) is 13.5. The minimum absolute atomic E-state index is 0.0436. The van der Waals surface area contributed by atoms with Crippen molar-refractivity contribution < 1.29 is 4.39 Å². The second-order valence-corrected chi connectivity index (χ2v) is 6.34. The molecule has 3 nitrogen and oxygen atoms in total. The second-order valence-electron chi connectivity index (χ2n) is 6.34. The maximum absolute atomic E-state index is 13.6. The van der Waals surface area contributed by atoms with Crippen LogP contribution in [0.4, 0.5) is 4.39 Å². The molecular formula is C17H28FN3. The van der Waals surface area contributed by atoms with Crippen molar-refractivity contribution >= 4 is 0 Å². The molecule has 1 N–H and O–H groups in total. The monoisotopic (exact) mass is 293 g/mol. The largest absolute Gasteiger partial charge is 0.309 e. The van der Waals surface area contributed by atoms with Crippen molar-refractivity contribution in [2.45, 2.75) is 57.0 Å². The van der Waals surface area contributed by atoms with Crippen LogP contribution in [0.1, 0.15) is 57.1 Å². The Morgan fingerprint density at radius 1 is 1.24 bits per heavy atom. The van der Waals surface area contributed by atoms with Crippen LogP contribution in [-0.2, 0) is 0 Å². The van der Waals surface area contributed by atoms with Crippen LogP contribution in [0.3, 0.4) is 0 Å². The van der Waals surface area contributed by atoms with Gasteiger partial charge in [0.1, 0.15) is 5.82 Å². The first kappa shape index (κ1) is 16.4. The van der Waals surface area contributed by atoms with E-state index < -0.39 is 0 Å². The second kappa shape index (κ2) is 7.32. The Bertz CT molecular complexity index is 439. The number of hydrogen-bond donors (Lipinski definition) is 1. The van der Waals surface area contributed by atoms with E-state index >= 15 is 0 Å². The van der Waals surface area contributed by atoms with Crippen LogP contribution >= 0.6 is 0 Å². The molecule has 1 aliphatic rings. The van der Waals surface area contributed by atoms with E-state index in [0.29, 0.717) is 0 Å². The smallest absolute Gasteiger partial charge is 0.141 e. The molecule has 0 aromatic carbocycles. The Balaban J connectivity index is 2.40. The molecule has 0 amide bonds. The molecular weight excluding hydrogens is 265 g/mol. The summed E-state index contributed by atoms with van der Waals surface area (Å²) < 4.78 is 13.6. The minimum Gasteiger partial charge on any atom is -0.309 e. The number of aromatic nitrogens is 1. The molecule has 118 valence electrons. The Kier molecular flexibility index (Phi) is 5.71. The van der Waals surface area contributed by atoms with Gasteiger partial charge in [-0.3, -0.25) is 4.98 Å². The van der Waals surface area contributed by atoms with E-state index in [1.54, 1.807) is 6.07 Å². The molecule has 21 heavy (non-hydrogen) atoms. The van der Waals surface area contributed by atoms with Gasteiger partial charge in [-0.2, -0.15) is 0 Å². The highest BCUT2D eigenvalue weighted by molar-refractivity contribution is 5.21. The molecule has 1 aromatic rings. The van der Waals surface area contributed by atoms with Gasteiger partial charge in [-0.1, -0.05) is 32.6 Å². The molecule has 4 heteroatoms. The fourth-order valence-electron chi connectivity index (χ4n) is 3.74. The third kappa shape index (κ3) is 3.61.